The number of hydrogen-bond acceptors (Lipinski definition) is 4. The second-order valence-electron chi connectivity index (χ2n) is 8.02. The van der Waals surface area contributed by atoms with E-state index in [2.05, 4.69) is 28.3 Å². The van der Waals surface area contributed by atoms with E-state index in [0.29, 0.717) is 25.2 Å². The molecule has 0 atom stereocenters. The van der Waals surface area contributed by atoms with E-state index in [-0.39, 0.29) is 17.6 Å². The first-order chi connectivity index (χ1) is 14.2. The number of rotatable bonds is 3. The summed E-state index contributed by atoms with van der Waals surface area (Å²) in [7, 11) is 0. The lowest BCUT2D eigenvalue weighted by Crippen LogP contribution is -2.45. The van der Waals surface area contributed by atoms with Crippen LogP contribution in [-0.4, -0.2) is 42.1 Å². The molecule has 29 heavy (non-hydrogen) atoms. The van der Waals surface area contributed by atoms with Gasteiger partial charge in [-0.3, -0.25) is 4.79 Å². The summed E-state index contributed by atoms with van der Waals surface area (Å²) in [5.74, 6) is 0.105. The zero-order valence-corrected chi connectivity index (χ0v) is 16.3. The van der Waals surface area contributed by atoms with Crippen LogP contribution in [-0.2, 0) is 11.2 Å². The van der Waals surface area contributed by atoms with Crippen LogP contribution in [0.1, 0.15) is 36.4 Å². The van der Waals surface area contributed by atoms with Crippen molar-refractivity contribution in [3.63, 3.8) is 0 Å². The highest BCUT2D eigenvalue weighted by Gasteiger charge is 2.28. The van der Waals surface area contributed by atoms with Gasteiger partial charge in [0.05, 0.1) is 12.2 Å². The van der Waals surface area contributed by atoms with Gasteiger partial charge in [0.25, 0.3) is 0 Å². The van der Waals surface area contributed by atoms with Crippen LogP contribution in [0, 0.1) is 5.82 Å². The Labute approximate surface area is 169 Å². The predicted octanol–water partition coefficient (Wildman–Crippen LogP) is 4.13. The van der Waals surface area contributed by atoms with Crippen molar-refractivity contribution in [3.05, 3.63) is 59.5 Å². The summed E-state index contributed by atoms with van der Waals surface area (Å²) in [5, 5.41) is 5.07. The number of para-hydroxylation sites is 1. The van der Waals surface area contributed by atoms with Crippen LogP contribution in [0.4, 0.5) is 10.1 Å². The summed E-state index contributed by atoms with van der Waals surface area (Å²) in [6.45, 7) is 2.80. The third-order valence-electron chi connectivity index (χ3n) is 6.23. The van der Waals surface area contributed by atoms with Gasteiger partial charge < -0.3 is 14.3 Å². The minimum absolute atomic E-state index is 0.187. The summed E-state index contributed by atoms with van der Waals surface area (Å²) in [5.41, 5.74) is 3.90. The second-order valence-corrected chi connectivity index (χ2v) is 8.02. The van der Waals surface area contributed by atoms with E-state index in [1.54, 1.807) is 6.07 Å². The van der Waals surface area contributed by atoms with Gasteiger partial charge >= 0.3 is 0 Å². The maximum Gasteiger partial charge on any atom is 0.242 e. The minimum Gasteiger partial charge on any atom is -0.362 e. The quantitative estimate of drug-likeness (QED) is 0.672. The molecule has 0 unspecified atom stereocenters. The lowest BCUT2D eigenvalue weighted by molar-refractivity contribution is -0.130. The van der Waals surface area contributed by atoms with E-state index < -0.39 is 0 Å². The topological polar surface area (TPSA) is 49.6 Å². The van der Waals surface area contributed by atoms with Gasteiger partial charge in [0.15, 0.2) is 5.58 Å². The average Bonchev–Trinajstić information content (AvgIpc) is 3.17. The number of aromatic nitrogens is 1. The van der Waals surface area contributed by atoms with Crippen molar-refractivity contribution in [2.45, 2.75) is 31.6 Å². The molecule has 2 aliphatic heterocycles. The number of piperidine rings is 1. The highest BCUT2D eigenvalue weighted by atomic mass is 19.1. The Hall–Kier alpha value is -2.89. The van der Waals surface area contributed by atoms with E-state index in [1.807, 2.05) is 11.0 Å². The maximum absolute atomic E-state index is 13.4. The summed E-state index contributed by atoms with van der Waals surface area (Å²) < 4.78 is 18.7. The Kier molecular flexibility index (Phi) is 4.70. The molecule has 5 nitrogen and oxygen atoms in total. The first-order valence-electron chi connectivity index (χ1n) is 10.3. The smallest absolute Gasteiger partial charge is 0.242 e. The zero-order valence-electron chi connectivity index (χ0n) is 16.3. The molecule has 150 valence electrons. The molecule has 0 spiro atoms. The molecule has 3 heterocycles. The number of carbonyl (C=O) groups is 1. The summed E-state index contributed by atoms with van der Waals surface area (Å²) >= 11 is 0. The fourth-order valence-corrected chi connectivity index (χ4v) is 4.67. The molecular weight excluding hydrogens is 369 g/mol. The standard InChI is InChI=1S/C23H24FN3O2/c24-18-7-8-19-21(14-18)29-25-23(19)17-9-12-26(13-10-17)22(28)15-27-11-3-5-16-4-1-2-6-20(16)27/h1-2,4,6-8,14,17H,3,5,9-13,15H2. The van der Waals surface area contributed by atoms with Crippen LogP contribution >= 0.6 is 0 Å². The van der Waals surface area contributed by atoms with Gasteiger partial charge in [-0.25, -0.2) is 4.39 Å². The van der Waals surface area contributed by atoms with E-state index in [1.165, 1.54) is 23.4 Å². The van der Waals surface area contributed by atoms with Crippen molar-refractivity contribution in [1.29, 1.82) is 0 Å². The van der Waals surface area contributed by atoms with Crippen molar-refractivity contribution in [3.8, 4) is 0 Å². The molecule has 3 aromatic rings. The number of hydrogen-bond donors (Lipinski definition) is 0. The van der Waals surface area contributed by atoms with Gasteiger partial charge in [-0.1, -0.05) is 23.4 Å². The molecule has 0 bridgehead atoms. The second kappa shape index (κ2) is 7.50. The molecule has 1 amide bonds. The molecule has 5 rings (SSSR count). The predicted molar refractivity (Wildman–Crippen MR) is 109 cm³/mol. The Morgan fingerprint density at radius 2 is 1.97 bits per heavy atom. The van der Waals surface area contributed by atoms with Crippen molar-refractivity contribution in [1.82, 2.24) is 10.1 Å². The third-order valence-corrected chi connectivity index (χ3v) is 6.23. The first-order valence-corrected chi connectivity index (χ1v) is 10.3. The van der Waals surface area contributed by atoms with Crippen LogP contribution in [0.3, 0.4) is 0 Å². The highest BCUT2D eigenvalue weighted by Crippen LogP contribution is 2.33. The van der Waals surface area contributed by atoms with Crippen molar-refractivity contribution in [2.75, 3.05) is 31.1 Å². The normalized spacial score (nSPS) is 17.6. The fourth-order valence-electron chi connectivity index (χ4n) is 4.67. The Morgan fingerprint density at radius 3 is 2.83 bits per heavy atom. The number of aryl methyl sites for hydroxylation is 1. The van der Waals surface area contributed by atoms with Crippen LogP contribution in [0.15, 0.2) is 47.0 Å². The van der Waals surface area contributed by atoms with Gasteiger partial charge in [0, 0.05) is 42.7 Å². The first kappa shape index (κ1) is 18.2. The summed E-state index contributed by atoms with van der Waals surface area (Å²) in [4.78, 5) is 17.1. The molecule has 0 saturated carbocycles. The SMILES string of the molecule is O=C(CN1CCCc2ccccc21)N1CCC(c2noc3cc(F)ccc23)CC1. The molecule has 1 saturated heterocycles. The fraction of sp³-hybridized carbons (Fsp3) is 0.391. The Bertz CT molecular complexity index is 1040. The molecular formula is C23H24FN3O2. The van der Waals surface area contributed by atoms with E-state index in [4.69, 9.17) is 4.52 Å². The van der Waals surface area contributed by atoms with E-state index in [9.17, 15) is 9.18 Å². The number of amides is 1. The number of anilines is 1. The minimum atomic E-state index is -0.320. The number of nitrogens with zero attached hydrogens (tertiary/aromatic N) is 3. The van der Waals surface area contributed by atoms with Crippen molar-refractivity contribution < 1.29 is 13.7 Å². The third kappa shape index (κ3) is 3.48. The van der Waals surface area contributed by atoms with E-state index in [0.717, 1.165) is 43.3 Å². The van der Waals surface area contributed by atoms with Crippen molar-refractivity contribution in [2.24, 2.45) is 0 Å². The Balaban J connectivity index is 1.23. The molecule has 1 aromatic heterocycles. The number of fused-ring (bicyclic) bond motifs is 2. The molecule has 0 radical (unpaired) electrons. The number of benzene rings is 2. The van der Waals surface area contributed by atoms with Crippen molar-refractivity contribution >= 4 is 22.6 Å². The molecule has 0 N–H and O–H groups in total. The van der Waals surface area contributed by atoms with Gasteiger partial charge in [0.2, 0.25) is 5.91 Å². The Morgan fingerprint density at radius 1 is 1.14 bits per heavy atom. The number of likely N-dealkylation sites (tertiary alicyclic amines) is 1. The highest BCUT2D eigenvalue weighted by molar-refractivity contribution is 5.82. The lowest BCUT2D eigenvalue weighted by Gasteiger charge is -2.35. The summed E-state index contributed by atoms with van der Waals surface area (Å²) in [6.07, 6.45) is 3.87. The number of halogens is 1. The van der Waals surface area contributed by atoms with Gasteiger partial charge in [-0.2, -0.15) is 0 Å². The lowest BCUT2D eigenvalue weighted by atomic mass is 9.91. The van der Waals surface area contributed by atoms with Gasteiger partial charge in [-0.15, -0.1) is 0 Å². The maximum atomic E-state index is 13.4. The molecule has 2 aromatic carbocycles. The van der Waals surface area contributed by atoms with Crippen LogP contribution < -0.4 is 4.90 Å². The molecule has 6 heteroatoms. The molecule has 2 aliphatic rings. The van der Waals surface area contributed by atoms with Crippen LogP contribution in [0.2, 0.25) is 0 Å². The monoisotopic (exact) mass is 393 g/mol. The van der Waals surface area contributed by atoms with Crippen LogP contribution in [0.25, 0.3) is 11.0 Å². The molecule has 0 aliphatic carbocycles. The summed E-state index contributed by atoms with van der Waals surface area (Å²) in [6, 6.07) is 12.9. The average molecular weight is 393 g/mol. The molecule has 1 fully saturated rings. The zero-order chi connectivity index (χ0) is 19.8. The largest absolute Gasteiger partial charge is 0.362 e. The van der Waals surface area contributed by atoms with Crippen LogP contribution in [0.5, 0.6) is 0 Å². The van der Waals surface area contributed by atoms with Gasteiger partial charge in [-0.05, 0) is 49.4 Å². The number of carbonyl (C=O) groups excluding carboxylic acids is 1. The van der Waals surface area contributed by atoms with E-state index >= 15 is 0 Å². The van der Waals surface area contributed by atoms with Gasteiger partial charge in [0.1, 0.15) is 5.82 Å².